The van der Waals surface area contributed by atoms with Crippen LogP contribution in [0.25, 0.3) is 0 Å². The molecule has 1 aromatic carbocycles. The number of benzene rings is 1. The zero-order valence-corrected chi connectivity index (χ0v) is 12.7. The molecule has 0 radical (unpaired) electrons. The highest BCUT2D eigenvalue weighted by Crippen LogP contribution is 2.21. The molecule has 1 fully saturated rings. The van der Waals surface area contributed by atoms with Gasteiger partial charge in [0.05, 0.1) is 12.8 Å². The van der Waals surface area contributed by atoms with Crippen molar-refractivity contribution in [3.05, 3.63) is 23.8 Å². The Hall–Kier alpha value is -1.75. The quantitative estimate of drug-likeness (QED) is 0.620. The van der Waals surface area contributed by atoms with Gasteiger partial charge in [-0.25, -0.2) is 0 Å². The Labute approximate surface area is 126 Å². The van der Waals surface area contributed by atoms with Crippen molar-refractivity contribution in [1.29, 1.82) is 0 Å². The van der Waals surface area contributed by atoms with Gasteiger partial charge in [-0.05, 0) is 57.1 Å². The Kier molecular flexibility index (Phi) is 5.87. The number of piperidine rings is 1. The molecule has 0 aromatic heterocycles. The lowest BCUT2D eigenvalue weighted by Gasteiger charge is -2.26. The summed E-state index contributed by atoms with van der Waals surface area (Å²) in [4.78, 5) is 14.5. The van der Waals surface area contributed by atoms with Crippen molar-refractivity contribution in [2.45, 2.75) is 25.7 Å². The zero-order valence-electron chi connectivity index (χ0n) is 12.7. The molecular weight excluding hydrogens is 266 g/mol. The summed E-state index contributed by atoms with van der Waals surface area (Å²) >= 11 is 0. The first-order valence-electron chi connectivity index (χ1n) is 7.65. The molecule has 5 nitrogen and oxygen atoms in total. The minimum absolute atomic E-state index is 0.0769. The highest BCUT2D eigenvalue weighted by atomic mass is 16.5. The maximum absolute atomic E-state index is 12.1. The molecule has 0 atom stereocenters. The number of hydrogen-bond acceptors (Lipinski definition) is 4. The molecule has 0 spiro atoms. The van der Waals surface area contributed by atoms with Crippen LogP contribution in [0.5, 0.6) is 5.75 Å². The summed E-state index contributed by atoms with van der Waals surface area (Å²) in [6.45, 7) is 4.15. The van der Waals surface area contributed by atoms with Crippen LogP contribution < -0.4 is 15.8 Å². The van der Waals surface area contributed by atoms with E-state index in [1.165, 1.54) is 32.4 Å². The largest absolute Gasteiger partial charge is 0.495 e. The van der Waals surface area contributed by atoms with E-state index in [0.717, 1.165) is 13.0 Å². The third-order valence-corrected chi connectivity index (χ3v) is 3.88. The molecule has 0 aliphatic carbocycles. The van der Waals surface area contributed by atoms with Gasteiger partial charge in [0, 0.05) is 12.1 Å². The van der Waals surface area contributed by atoms with E-state index in [0.29, 0.717) is 23.5 Å². The van der Waals surface area contributed by atoms with Gasteiger partial charge in [-0.1, -0.05) is 6.42 Å². The van der Waals surface area contributed by atoms with Gasteiger partial charge in [-0.15, -0.1) is 0 Å². The van der Waals surface area contributed by atoms with Crippen LogP contribution in [-0.2, 0) is 0 Å². The first-order valence-corrected chi connectivity index (χ1v) is 7.65. The average Bonchev–Trinajstić information content (AvgIpc) is 2.53. The van der Waals surface area contributed by atoms with E-state index >= 15 is 0 Å². The van der Waals surface area contributed by atoms with E-state index in [1.807, 2.05) is 0 Å². The van der Waals surface area contributed by atoms with Gasteiger partial charge in [0.1, 0.15) is 5.75 Å². The normalized spacial score (nSPS) is 15.7. The molecule has 1 aromatic rings. The molecule has 0 unspecified atom stereocenters. The topological polar surface area (TPSA) is 67.6 Å². The molecule has 5 heteroatoms. The molecule has 1 heterocycles. The number of likely N-dealkylation sites (tertiary alicyclic amines) is 1. The Morgan fingerprint density at radius 2 is 2.10 bits per heavy atom. The van der Waals surface area contributed by atoms with Gasteiger partial charge in [0.25, 0.3) is 5.91 Å². The van der Waals surface area contributed by atoms with Crippen LogP contribution in [0.4, 0.5) is 5.69 Å². The minimum Gasteiger partial charge on any atom is -0.495 e. The Balaban J connectivity index is 1.74. The number of nitrogens with two attached hydrogens (primary N) is 1. The van der Waals surface area contributed by atoms with Crippen molar-refractivity contribution in [2.75, 3.05) is 39.0 Å². The van der Waals surface area contributed by atoms with Crippen LogP contribution in [0.2, 0.25) is 0 Å². The molecule has 116 valence electrons. The summed E-state index contributed by atoms with van der Waals surface area (Å²) in [5.41, 5.74) is 6.87. The van der Waals surface area contributed by atoms with Crippen molar-refractivity contribution in [2.24, 2.45) is 0 Å². The number of methoxy groups -OCH3 is 1. The molecular formula is C16H25N3O2. The average molecular weight is 291 g/mol. The summed E-state index contributed by atoms with van der Waals surface area (Å²) < 4.78 is 5.13. The lowest BCUT2D eigenvalue weighted by atomic mass is 10.1. The zero-order chi connectivity index (χ0) is 15.1. The maximum Gasteiger partial charge on any atom is 0.251 e. The summed E-state index contributed by atoms with van der Waals surface area (Å²) in [6.07, 6.45) is 4.94. The second-order valence-electron chi connectivity index (χ2n) is 5.47. The molecule has 0 saturated carbocycles. The number of nitrogen functional groups attached to an aromatic ring is 1. The van der Waals surface area contributed by atoms with Crippen LogP contribution in [0.1, 0.15) is 36.0 Å². The lowest BCUT2D eigenvalue weighted by Crippen LogP contribution is -2.33. The summed E-state index contributed by atoms with van der Waals surface area (Å²) in [7, 11) is 1.55. The van der Waals surface area contributed by atoms with Gasteiger partial charge in [0.2, 0.25) is 0 Å². The van der Waals surface area contributed by atoms with Crippen LogP contribution in [0.3, 0.4) is 0 Å². The van der Waals surface area contributed by atoms with E-state index in [-0.39, 0.29) is 5.91 Å². The number of hydrogen-bond donors (Lipinski definition) is 2. The molecule has 21 heavy (non-hydrogen) atoms. The molecule has 1 aliphatic rings. The fourth-order valence-electron chi connectivity index (χ4n) is 2.64. The van der Waals surface area contributed by atoms with Crippen molar-refractivity contribution < 1.29 is 9.53 Å². The molecule has 1 saturated heterocycles. The number of amides is 1. The van der Waals surface area contributed by atoms with E-state index in [1.54, 1.807) is 25.3 Å². The standard InChI is InChI=1S/C16H25N3O2/c1-21-15-12-13(6-7-14(15)17)16(20)18-8-5-11-19-9-3-2-4-10-19/h6-7,12H,2-5,8-11,17H2,1H3,(H,18,20). The van der Waals surface area contributed by atoms with Crippen molar-refractivity contribution in [3.63, 3.8) is 0 Å². The minimum atomic E-state index is -0.0769. The van der Waals surface area contributed by atoms with Gasteiger partial charge in [-0.2, -0.15) is 0 Å². The summed E-state index contributed by atoms with van der Waals surface area (Å²) in [5, 5.41) is 2.95. The number of rotatable bonds is 6. The Morgan fingerprint density at radius 3 is 2.81 bits per heavy atom. The van der Waals surface area contributed by atoms with Crippen LogP contribution in [0, 0.1) is 0 Å². The van der Waals surface area contributed by atoms with E-state index in [9.17, 15) is 4.79 Å². The van der Waals surface area contributed by atoms with Crippen LogP contribution in [-0.4, -0.2) is 44.1 Å². The summed E-state index contributed by atoms with van der Waals surface area (Å²) in [6, 6.07) is 5.09. The van der Waals surface area contributed by atoms with Crippen molar-refractivity contribution in [1.82, 2.24) is 10.2 Å². The fourth-order valence-corrected chi connectivity index (χ4v) is 2.64. The highest BCUT2D eigenvalue weighted by molar-refractivity contribution is 5.95. The molecule has 1 aliphatic heterocycles. The third kappa shape index (κ3) is 4.63. The number of anilines is 1. The predicted octanol–water partition coefficient (Wildman–Crippen LogP) is 1.88. The molecule has 3 N–H and O–H groups in total. The smallest absolute Gasteiger partial charge is 0.251 e. The second kappa shape index (κ2) is 7.88. The highest BCUT2D eigenvalue weighted by Gasteiger charge is 2.11. The van der Waals surface area contributed by atoms with E-state index in [2.05, 4.69) is 10.2 Å². The van der Waals surface area contributed by atoms with Crippen LogP contribution in [0.15, 0.2) is 18.2 Å². The van der Waals surface area contributed by atoms with Gasteiger partial charge >= 0.3 is 0 Å². The Morgan fingerprint density at radius 1 is 1.33 bits per heavy atom. The molecule has 0 bridgehead atoms. The van der Waals surface area contributed by atoms with Gasteiger partial charge in [0.15, 0.2) is 0 Å². The fraction of sp³-hybridized carbons (Fsp3) is 0.562. The molecule has 2 rings (SSSR count). The molecule has 1 amide bonds. The predicted molar refractivity (Wildman–Crippen MR) is 84.6 cm³/mol. The summed E-state index contributed by atoms with van der Waals surface area (Å²) in [5.74, 6) is 0.461. The number of nitrogens with one attached hydrogen (secondary N) is 1. The van der Waals surface area contributed by atoms with Gasteiger partial charge < -0.3 is 20.7 Å². The van der Waals surface area contributed by atoms with Crippen molar-refractivity contribution in [3.8, 4) is 5.75 Å². The SMILES string of the molecule is COc1cc(C(=O)NCCCN2CCCCC2)ccc1N. The van der Waals surface area contributed by atoms with E-state index < -0.39 is 0 Å². The number of carbonyl (C=O) groups excluding carboxylic acids is 1. The number of carbonyl (C=O) groups is 1. The van der Waals surface area contributed by atoms with Gasteiger partial charge in [-0.3, -0.25) is 4.79 Å². The van der Waals surface area contributed by atoms with E-state index in [4.69, 9.17) is 10.5 Å². The third-order valence-electron chi connectivity index (χ3n) is 3.88. The first kappa shape index (κ1) is 15.6. The monoisotopic (exact) mass is 291 g/mol. The number of ether oxygens (including phenoxy) is 1. The second-order valence-corrected chi connectivity index (χ2v) is 5.47. The first-order chi connectivity index (χ1) is 10.2. The lowest BCUT2D eigenvalue weighted by molar-refractivity contribution is 0.0951. The number of nitrogens with zero attached hydrogens (tertiary/aromatic N) is 1. The maximum atomic E-state index is 12.1. The Bertz CT molecular complexity index is 471. The van der Waals surface area contributed by atoms with Crippen LogP contribution >= 0.6 is 0 Å². The van der Waals surface area contributed by atoms with Crippen molar-refractivity contribution >= 4 is 11.6 Å².